The number of aliphatic hydroxyl groups is 1. The minimum absolute atomic E-state index is 0.344. The molecule has 1 aliphatic heterocycles. The Morgan fingerprint density at radius 2 is 1.95 bits per heavy atom. The van der Waals surface area contributed by atoms with Crippen LogP contribution in [0.15, 0.2) is 42.5 Å². The molecule has 21 heavy (non-hydrogen) atoms. The molecule has 2 aromatic carbocycles. The first kappa shape index (κ1) is 12.5. The van der Waals surface area contributed by atoms with E-state index < -0.39 is 11.5 Å². The molecule has 0 bridgehead atoms. The Bertz CT molecular complexity index is 866. The molecule has 0 amide bonds. The predicted octanol–water partition coefficient (Wildman–Crippen LogP) is 3.49. The van der Waals surface area contributed by atoms with Crippen molar-refractivity contribution in [3.63, 3.8) is 0 Å². The highest BCUT2D eigenvalue weighted by Crippen LogP contribution is 2.46. The summed E-state index contributed by atoms with van der Waals surface area (Å²) in [5.41, 5.74) is 2.63. The molecule has 1 atom stereocenters. The smallest absolute Gasteiger partial charge is 0.123 e. The van der Waals surface area contributed by atoms with Gasteiger partial charge in [-0.2, -0.15) is 5.10 Å². The highest BCUT2D eigenvalue weighted by Gasteiger charge is 2.41. The second-order valence-corrected chi connectivity index (χ2v) is 6.10. The van der Waals surface area contributed by atoms with Gasteiger partial charge in [0.25, 0.3) is 0 Å². The van der Waals surface area contributed by atoms with Gasteiger partial charge in [-0.1, -0.05) is 32.0 Å². The number of nitrogens with zero attached hydrogens (tertiary/aromatic N) is 2. The van der Waals surface area contributed by atoms with Crippen LogP contribution < -0.4 is 0 Å². The van der Waals surface area contributed by atoms with E-state index in [1.807, 2.05) is 42.8 Å². The zero-order chi connectivity index (χ0) is 14.8. The Labute approximate surface area is 121 Å². The molecule has 1 unspecified atom stereocenters. The predicted molar refractivity (Wildman–Crippen MR) is 79.0 cm³/mol. The quantitative estimate of drug-likeness (QED) is 0.685. The second-order valence-electron chi connectivity index (χ2n) is 6.10. The average molecular weight is 282 g/mol. The van der Waals surface area contributed by atoms with Gasteiger partial charge >= 0.3 is 0 Å². The molecule has 0 radical (unpaired) electrons. The van der Waals surface area contributed by atoms with Gasteiger partial charge in [-0.15, -0.1) is 0 Å². The summed E-state index contributed by atoms with van der Waals surface area (Å²) in [5.74, 6) is -0.344. The number of aliphatic hydroxyl groups excluding tert-OH is 1. The van der Waals surface area contributed by atoms with Gasteiger partial charge in [-0.3, -0.25) is 0 Å². The first-order valence-electron chi connectivity index (χ1n) is 6.96. The second kappa shape index (κ2) is 3.92. The third-order valence-electron chi connectivity index (χ3n) is 4.38. The van der Waals surface area contributed by atoms with Gasteiger partial charge in [0.1, 0.15) is 5.82 Å². The topological polar surface area (TPSA) is 38.0 Å². The maximum Gasteiger partial charge on any atom is 0.123 e. The van der Waals surface area contributed by atoms with E-state index >= 15 is 0 Å². The Balaban J connectivity index is 2.16. The maximum absolute atomic E-state index is 13.6. The first-order valence-corrected chi connectivity index (χ1v) is 6.96. The molecule has 3 aromatic rings. The fourth-order valence-corrected chi connectivity index (χ4v) is 3.28. The van der Waals surface area contributed by atoms with E-state index in [-0.39, 0.29) is 5.82 Å². The fraction of sp³-hybridized carbons (Fsp3) is 0.235. The number of rotatable bonds is 0. The molecular formula is C17H15FN2O. The lowest BCUT2D eigenvalue weighted by atomic mass is 9.76. The lowest BCUT2D eigenvalue weighted by Crippen LogP contribution is -2.34. The molecule has 0 fully saturated rings. The molecule has 0 spiro atoms. The summed E-state index contributed by atoms with van der Waals surface area (Å²) in [5, 5.41) is 16.4. The molecule has 2 heterocycles. The van der Waals surface area contributed by atoms with Crippen LogP contribution in [-0.2, 0) is 5.41 Å². The molecule has 4 rings (SSSR count). The summed E-state index contributed by atoms with van der Waals surface area (Å²) < 4.78 is 15.4. The SMILES string of the molecule is CC1(C)c2c3ccccc3nn2-c2ccc(F)cc2C1O. The highest BCUT2D eigenvalue weighted by atomic mass is 19.1. The monoisotopic (exact) mass is 282 g/mol. The Hall–Kier alpha value is -2.20. The van der Waals surface area contributed by atoms with E-state index in [0.29, 0.717) is 5.56 Å². The number of hydrogen-bond donors (Lipinski definition) is 1. The van der Waals surface area contributed by atoms with Crippen LogP contribution in [0.3, 0.4) is 0 Å². The summed E-state index contributed by atoms with van der Waals surface area (Å²) in [6, 6.07) is 12.4. The molecular weight excluding hydrogens is 267 g/mol. The number of benzene rings is 2. The fourth-order valence-electron chi connectivity index (χ4n) is 3.28. The zero-order valence-electron chi connectivity index (χ0n) is 11.8. The van der Waals surface area contributed by atoms with Crippen molar-refractivity contribution in [2.75, 3.05) is 0 Å². The summed E-state index contributed by atoms with van der Waals surface area (Å²) in [6.45, 7) is 3.93. The van der Waals surface area contributed by atoms with E-state index in [2.05, 4.69) is 5.10 Å². The number of hydrogen-bond acceptors (Lipinski definition) is 2. The minimum atomic E-state index is -0.768. The average Bonchev–Trinajstić information content (AvgIpc) is 2.85. The van der Waals surface area contributed by atoms with Gasteiger partial charge in [-0.05, 0) is 24.3 Å². The van der Waals surface area contributed by atoms with Gasteiger partial charge < -0.3 is 5.11 Å². The number of fused-ring (bicyclic) bond motifs is 5. The Morgan fingerprint density at radius 1 is 1.19 bits per heavy atom. The van der Waals surface area contributed by atoms with E-state index in [9.17, 15) is 9.50 Å². The molecule has 0 aliphatic carbocycles. The van der Waals surface area contributed by atoms with Crippen molar-refractivity contribution in [3.8, 4) is 5.69 Å². The van der Waals surface area contributed by atoms with E-state index in [0.717, 1.165) is 22.3 Å². The molecule has 1 aromatic heterocycles. The Morgan fingerprint density at radius 3 is 2.76 bits per heavy atom. The maximum atomic E-state index is 13.6. The molecule has 0 saturated heterocycles. The molecule has 106 valence electrons. The third-order valence-corrected chi connectivity index (χ3v) is 4.38. The van der Waals surface area contributed by atoms with Crippen molar-refractivity contribution < 1.29 is 9.50 Å². The molecule has 3 nitrogen and oxygen atoms in total. The van der Waals surface area contributed by atoms with Gasteiger partial charge in [-0.25, -0.2) is 9.07 Å². The minimum Gasteiger partial charge on any atom is -0.387 e. The van der Waals surface area contributed by atoms with Crippen molar-refractivity contribution in [1.82, 2.24) is 9.78 Å². The van der Waals surface area contributed by atoms with Gasteiger partial charge in [0.15, 0.2) is 0 Å². The Kier molecular flexibility index (Phi) is 2.34. The van der Waals surface area contributed by atoms with E-state index in [1.54, 1.807) is 6.07 Å². The summed E-state index contributed by atoms with van der Waals surface area (Å²) in [7, 11) is 0. The lowest BCUT2D eigenvalue weighted by molar-refractivity contribution is 0.0909. The van der Waals surface area contributed by atoms with Crippen LogP contribution in [0.4, 0.5) is 4.39 Å². The third kappa shape index (κ3) is 1.54. The zero-order valence-corrected chi connectivity index (χ0v) is 11.8. The number of aromatic nitrogens is 2. The van der Waals surface area contributed by atoms with Gasteiger partial charge in [0, 0.05) is 16.4 Å². The van der Waals surface area contributed by atoms with Crippen LogP contribution >= 0.6 is 0 Å². The molecule has 4 heteroatoms. The van der Waals surface area contributed by atoms with Crippen LogP contribution in [0, 0.1) is 5.82 Å². The lowest BCUT2D eigenvalue weighted by Gasteiger charge is -2.37. The summed E-state index contributed by atoms with van der Waals surface area (Å²) in [4.78, 5) is 0. The van der Waals surface area contributed by atoms with Crippen molar-refractivity contribution in [1.29, 1.82) is 0 Å². The van der Waals surface area contributed by atoms with Crippen molar-refractivity contribution in [2.45, 2.75) is 25.4 Å². The van der Waals surface area contributed by atoms with Crippen LogP contribution in [0.1, 0.15) is 31.2 Å². The van der Waals surface area contributed by atoms with Crippen LogP contribution in [-0.4, -0.2) is 14.9 Å². The van der Waals surface area contributed by atoms with Crippen molar-refractivity contribution >= 4 is 10.9 Å². The van der Waals surface area contributed by atoms with Crippen molar-refractivity contribution in [2.24, 2.45) is 0 Å². The van der Waals surface area contributed by atoms with E-state index in [1.165, 1.54) is 12.1 Å². The molecule has 0 saturated carbocycles. The molecule has 1 aliphatic rings. The summed E-state index contributed by atoms with van der Waals surface area (Å²) in [6.07, 6.45) is -0.768. The highest BCUT2D eigenvalue weighted by molar-refractivity contribution is 5.84. The van der Waals surface area contributed by atoms with E-state index in [4.69, 9.17) is 0 Å². The normalized spacial score (nSPS) is 19.3. The van der Waals surface area contributed by atoms with Crippen LogP contribution in [0.25, 0.3) is 16.6 Å². The van der Waals surface area contributed by atoms with Gasteiger partial charge in [0.2, 0.25) is 0 Å². The van der Waals surface area contributed by atoms with Crippen LogP contribution in [0.2, 0.25) is 0 Å². The van der Waals surface area contributed by atoms with Crippen LogP contribution in [0.5, 0.6) is 0 Å². The van der Waals surface area contributed by atoms with Gasteiger partial charge in [0.05, 0.1) is 23.0 Å². The first-order chi connectivity index (χ1) is 10.00. The summed E-state index contributed by atoms with van der Waals surface area (Å²) >= 11 is 0. The molecule has 1 N–H and O–H groups in total. The van der Waals surface area contributed by atoms with Crippen molar-refractivity contribution in [3.05, 3.63) is 59.5 Å². The largest absolute Gasteiger partial charge is 0.387 e. The standard InChI is InChI=1S/C17H15FN2O/c1-17(2)15-11-5-3-4-6-13(11)19-20(15)14-8-7-10(18)9-12(14)16(17)21/h3-9,16,21H,1-2H3. The number of halogens is 1.